The molecule has 150 valence electrons. The predicted octanol–water partition coefficient (Wildman–Crippen LogP) is 6.04. The Morgan fingerprint density at radius 3 is 1.46 bits per heavy atom. The van der Waals surface area contributed by atoms with E-state index >= 15 is 0 Å². The van der Waals surface area contributed by atoms with Crippen molar-refractivity contribution in [2.45, 2.75) is 104 Å². The fourth-order valence-corrected chi connectivity index (χ4v) is 5.25. The summed E-state index contributed by atoms with van der Waals surface area (Å²) in [6.07, 6.45) is 11.1. The summed E-state index contributed by atoms with van der Waals surface area (Å²) in [7, 11) is -3.44. The third-order valence-electron chi connectivity index (χ3n) is 5.77. The van der Waals surface area contributed by atoms with Gasteiger partial charge in [-0.05, 0) is 68.9 Å². The molecule has 0 radical (unpaired) electrons. The monoisotopic (exact) mass is 381 g/mol. The number of hydrogen-bond donors (Lipinski definition) is 1. The fraction of sp³-hybridized carbons (Fsp3) is 0.727. The molecule has 0 heterocycles. The lowest BCUT2D eigenvalue weighted by molar-refractivity contribution is 0.553. The van der Waals surface area contributed by atoms with Gasteiger partial charge in [0.05, 0.1) is 4.90 Å². The summed E-state index contributed by atoms with van der Waals surface area (Å²) in [4.78, 5) is 0.481. The zero-order chi connectivity index (χ0) is 19.7. The summed E-state index contributed by atoms with van der Waals surface area (Å²) in [5.41, 5.74) is 5.11. The van der Waals surface area contributed by atoms with Gasteiger partial charge in [0.25, 0.3) is 0 Å². The van der Waals surface area contributed by atoms with Gasteiger partial charge in [-0.15, -0.1) is 0 Å². The molecule has 0 spiro atoms. The first-order chi connectivity index (χ1) is 12.2. The van der Waals surface area contributed by atoms with Crippen molar-refractivity contribution in [1.82, 2.24) is 4.72 Å². The van der Waals surface area contributed by atoms with E-state index < -0.39 is 10.0 Å². The average molecular weight is 382 g/mol. The van der Waals surface area contributed by atoms with Crippen LogP contribution in [0, 0.1) is 34.6 Å². The molecule has 0 amide bonds. The molecule has 0 atom stereocenters. The molecule has 0 saturated heterocycles. The molecule has 1 N–H and O–H groups in total. The van der Waals surface area contributed by atoms with Gasteiger partial charge in [-0.25, -0.2) is 13.1 Å². The van der Waals surface area contributed by atoms with Gasteiger partial charge < -0.3 is 0 Å². The Kier molecular flexibility index (Phi) is 9.88. The third kappa shape index (κ3) is 6.38. The predicted molar refractivity (Wildman–Crippen MR) is 113 cm³/mol. The second kappa shape index (κ2) is 11.1. The van der Waals surface area contributed by atoms with E-state index in [1.54, 1.807) is 0 Å². The fourth-order valence-electron chi connectivity index (χ4n) is 3.58. The molecular formula is C22H39NO2S. The van der Waals surface area contributed by atoms with Crippen molar-refractivity contribution in [1.29, 1.82) is 0 Å². The number of nitrogens with one attached hydrogen (secondary N) is 1. The minimum atomic E-state index is -3.44. The van der Waals surface area contributed by atoms with Crippen molar-refractivity contribution in [3.8, 4) is 0 Å². The van der Waals surface area contributed by atoms with Crippen LogP contribution >= 0.6 is 0 Å². The van der Waals surface area contributed by atoms with Gasteiger partial charge in [0, 0.05) is 6.54 Å². The normalized spacial score (nSPS) is 11.9. The Labute approximate surface area is 162 Å². The number of hydrogen-bond acceptors (Lipinski definition) is 2. The van der Waals surface area contributed by atoms with Gasteiger partial charge in [-0.3, -0.25) is 0 Å². The Morgan fingerprint density at radius 1 is 0.615 bits per heavy atom. The van der Waals surface area contributed by atoms with Crippen LogP contribution in [-0.2, 0) is 10.0 Å². The van der Waals surface area contributed by atoms with E-state index in [1.165, 1.54) is 50.5 Å². The SMILES string of the molecule is CCCCCCCCCCCNS(=O)(=O)c1c(C)c(C)c(C)c(C)c1C. The van der Waals surface area contributed by atoms with E-state index in [0.29, 0.717) is 11.4 Å². The molecule has 1 aromatic rings. The van der Waals surface area contributed by atoms with Crippen molar-refractivity contribution in [3.05, 3.63) is 27.8 Å². The van der Waals surface area contributed by atoms with Crippen molar-refractivity contribution in [3.63, 3.8) is 0 Å². The Balaban J connectivity index is 2.49. The molecule has 0 aliphatic heterocycles. The van der Waals surface area contributed by atoms with Crippen molar-refractivity contribution < 1.29 is 8.42 Å². The number of rotatable bonds is 12. The standard InChI is InChI=1S/C22H39NO2S/c1-7-8-9-10-11-12-13-14-15-16-23-26(24,25)22-20(5)18(3)17(2)19(4)21(22)6/h23H,7-16H2,1-6H3. The minimum absolute atomic E-state index is 0.481. The van der Waals surface area contributed by atoms with Crippen LogP contribution in [0.4, 0.5) is 0 Å². The number of benzene rings is 1. The van der Waals surface area contributed by atoms with Gasteiger partial charge in [0.1, 0.15) is 0 Å². The zero-order valence-corrected chi connectivity index (χ0v) is 18.6. The molecule has 0 aliphatic rings. The van der Waals surface area contributed by atoms with Crippen molar-refractivity contribution in [2.24, 2.45) is 0 Å². The second-order valence-corrected chi connectivity index (χ2v) is 9.38. The van der Waals surface area contributed by atoms with Crippen LogP contribution in [-0.4, -0.2) is 15.0 Å². The van der Waals surface area contributed by atoms with Crippen LogP contribution in [0.3, 0.4) is 0 Å². The van der Waals surface area contributed by atoms with Gasteiger partial charge in [-0.1, -0.05) is 58.3 Å². The van der Waals surface area contributed by atoms with Crippen LogP contribution in [0.1, 0.15) is 92.5 Å². The van der Waals surface area contributed by atoms with E-state index in [-0.39, 0.29) is 0 Å². The molecular weight excluding hydrogens is 342 g/mol. The van der Waals surface area contributed by atoms with Gasteiger partial charge in [0.15, 0.2) is 0 Å². The summed E-state index contributed by atoms with van der Waals surface area (Å²) in [5, 5.41) is 0. The summed E-state index contributed by atoms with van der Waals surface area (Å²) in [6, 6.07) is 0. The first kappa shape index (κ1) is 23.2. The van der Waals surface area contributed by atoms with Crippen LogP contribution in [0.15, 0.2) is 4.90 Å². The summed E-state index contributed by atoms with van der Waals surface area (Å²) >= 11 is 0. The van der Waals surface area contributed by atoms with Crippen molar-refractivity contribution >= 4 is 10.0 Å². The first-order valence-electron chi connectivity index (χ1n) is 10.3. The quantitative estimate of drug-likeness (QED) is 0.449. The molecule has 1 rings (SSSR count). The lowest BCUT2D eigenvalue weighted by Crippen LogP contribution is -2.27. The number of unbranched alkanes of at least 4 members (excludes halogenated alkanes) is 8. The van der Waals surface area contributed by atoms with Crippen LogP contribution in [0.2, 0.25) is 0 Å². The van der Waals surface area contributed by atoms with Crippen LogP contribution < -0.4 is 4.72 Å². The Bertz CT molecular complexity index is 649. The van der Waals surface area contributed by atoms with Gasteiger partial charge >= 0.3 is 0 Å². The Hall–Kier alpha value is -0.870. The maximum Gasteiger partial charge on any atom is 0.241 e. The molecule has 0 fully saturated rings. The highest BCUT2D eigenvalue weighted by Gasteiger charge is 2.23. The van der Waals surface area contributed by atoms with Crippen molar-refractivity contribution in [2.75, 3.05) is 6.54 Å². The maximum atomic E-state index is 12.8. The second-order valence-electron chi connectivity index (χ2n) is 7.68. The Morgan fingerprint density at radius 2 is 1.00 bits per heavy atom. The average Bonchev–Trinajstić information content (AvgIpc) is 2.59. The summed E-state index contributed by atoms with van der Waals surface area (Å²) < 4.78 is 28.4. The lowest BCUT2D eigenvalue weighted by atomic mass is 9.95. The highest BCUT2D eigenvalue weighted by atomic mass is 32.2. The molecule has 0 unspecified atom stereocenters. The van der Waals surface area contributed by atoms with Gasteiger partial charge in [0.2, 0.25) is 10.0 Å². The highest BCUT2D eigenvalue weighted by Crippen LogP contribution is 2.29. The highest BCUT2D eigenvalue weighted by molar-refractivity contribution is 7.89. The summed E-state index contributed by atoms with van der Waals surface area (Å²) in [6.45, 7) is 12.7. The van der Waals surface area contributed by atoms with E-state index in [4.69, 9.17) is 0 Å². The molecule has 26 heavy (non-hydrogen) atoms. The van der Waals surface area contributed by atoms with Crippen LogP contribution in [0.5, 0.6) is 0 Å². The lowest BCUT2D eigenvalue weighted by Gasteiger charge is -2.19. The third-order valence-corrected chi connectivity index (χ3v) is 7.51. The van der Waals surface area contributed by atoms with Gasteiger partial charge in [-0.2, -0.15) is 0 Å². The van der Waals surface area contributed by atoms with E-state index in [9.17, 15) is 8.42 Å². The largest absolute Gasteiger partial charge is 0.241 e. The molecule has 0 bridgehead atoms. The van der Waals surface area contributed by atoms with Crippen LogP contribution in [0.25, 0.3) is 0 Å². The minimum Gasteiger partial charge on any atom is -0.211 e. The zero-order valence-electron chi connectivity index (χ0n) is 17.8. The molecule has 1 aromatic carbocycles. The van der Waals surface area contributed by atoms with E-state index in [0.717, 1.165) is 35.1 Å². The smallest absolute Gasteiger partial charge is 0.211 e. The number of sulfonamides is 1. The molecule has 3 nitrogen and oxygen atoms in total. The maximum absolute atomic E-state index is 12.8. The first-order valence-corrected chi connectivity index (χ1v) is 11.8. The van der Waals surface area contributed by atoms with E-state index in [1.807, 2.05) is 27.7 Å². The topological polar surface area (TPSA) is 46.2 Å². The summed E-state index contributed by atoms with van der Waals surface area (Å²) in [5.74, 6) is 0. The molecule has 0 aliphatic carbocycles. The molecule has 0 aromatic heterocycles. The molecule has 0 saturated carbocycles. The van der Waals surface area contributed by atoms with E-state index in [2.05, 4.69) is 18.6 Å². The molecule has 4 heteroatoms.